The summed E-state index contributed by atoms with van der Waals surface area (Å²) in [5.74, 6) is -0.510. The Morgan fingerprint density at radius 2 is 1.88 bits per heavy atom. The van der Waals surface area contributed by atoms with Gasteiger partial charge in [-0.05, 0) is 25.5 Å². The van der Waals surface area contributed by atoms with E-state index in [-0.39, 0.29) is 11.8 Å². The van der Waals surface area contributed by atoms with Gasteiger partial charge in [0.15, 0.2) is 0 Å². The zero-order valence-electron chi connectivity index (χ0n) is 9.17. The quantitative estimate of drug-likeness (QED) is 0.744. The standard InChI is InChI=1S/C11H13NO3S/c1-8(2)12-11(13)10-6-4-3-5-9(10)7-16(12,14)15/h3-6,8H,7H2,1-2H3. The molecule has 1 heterocycles. The number of amides is 1. The molecule has 1 aliphatic rings. The molecule has 2 rings (SSSR count). The van der Waals surface area contributed by atoms with E-state index >= 15 is 0 Å². The summed E-state index contributed by atoms with van der Waals surface area (Å²) in [6.45, 7) is 3.40. The Kier molecular flexibility index (Phi) is 2.50. The summed E-state index contributed by atoms with van der Waals surface area (Å²) in [7, 11) is -3.50. The summed E-state index contributed by atoms with van der Waals surface area (Å²) >= 11 is 0. The number of fused-ring (bicyclic) bond motifs is 1. The molecule has 0 N–H and O–H groups in total. The lowest BCUT2D eigenvalue weighted by Gasteiger charge is -2.30. The van der Waals surface area contributed by atoms with Gasteiger partial charge in [0, 0.05) is 11.6 Å². The molecule has 0 fully saturated rings. The maximum atomic E-state index is 12.0. The Morgan fingerprint density at radius 3 is 2.50 bits per heavy atom. The predicted octanol–water partition coefficient (Wildman–Crippen LogP) is 1.38. The van der Waals surface area contributed by atoms with Crippen LogP contribution in [-0.2, 0) is 15.8 Å². The van der Waals surface area contributed by atoms with Crippen molar-refractivity contribution in [1.82, 2.24) is 4.31 Å². The van der Waals surface area contributed by atoms with Crippen molar-refractivity contribution in [2.24, 2.45) is 0 Å². The fraction of sp³-hybridized carbons (Fsp3) is 0.364. The maximum absolute atomic E-state index is 12.0. The molecule has 0 aromatic heterocycles. The molecule has 0 bridgehead atoms. The average molecular weight is 239 g/mol. The van der Waals surface area contributed by atoms with E-state index < -0.39 is 15.9 Å². The molecule has 0 aliphatic carbocycles. The molecule has 0 unspecified atom stereocenters. The number of nitrogens with zero attached hydrogens (tertiary/aromatic N) is 1. The lowest BCUT2D eigenvalue weighted by molar-refractivity contribution is 0.0829. The van der Waals surface area contributed by atoms with Crippen LogP contribution < -0.4 is 0 Å². The van der Waals surface area contributed by atoms with Crippen molar-refractivity contribution in [3.8, 4) is 0 Å². The Hall–Kier alpha value is -1.36. The minimum Gasteiger partial charge on any atom is -0.268 e. The van der Waals surface area contributed by atoms with E-state index in [1.807, 2.05) is 0 Å². The van der Waals surface area contributed by atoms with Crippen LogP contribution in [0, 0.1) is 0 Å². The molecule has 16 heavy (non-hydrogen) atoms. The predicted molar refractivity (Wildman–Crippen MR) is 60.4 cm³/mol. The van der Waals surface area contributed by atoms with Crippen molar-refractivity contribution in [3.63, 3.8) is 0 Å². The average Bonchev–Trinajstić information content (AvgIpc) is 2.15. The largest absolute Gasteiger partial charge is 0.268 e. The molecule has 86 valence electrons. The number of rotatable bonds is 1. The van der Waals surface area contributed by atoms with E-state index in [9.17, 15) is 13.2 Å². The SMILES string of the molecule is CC(C)N1C(=O)c2ccccc2CS1(=O)=O. The normalized spacial score (nSPS) is 18.7. The third-order valence-electron chi connectivity index (χ3n) is 2.55. The summed E-state index contributed by atoms with van der Waals surface area (Å²) in [6, 6.07) is 6.50. The summed E-state index contributed by atoms with van der Waals surface area (Å²) in [6.07, 6.45) is 0. The minimum absolute atomic E-state index is 0.0902. The van der Waals surface area contributed by atoms with Crippen LogP contribution in [0.25, 0.3) is 0 Å². The third kappa shape index (κ3) is 1.61. The van der Waals surface area contributed by atoms with Crippen molar-refractivity contribution in [3.05, 3.63) is 35.4 Å². The van der Waals surface area contributed by atoms with Gasteiger partial charge in [0.2, 0.25) is 10.0 Å². The van der Waals surface area contributed by atoms with E-state index in [0.29, 0.717) is 11.1 Å². The van der Waals surface area contributed by atoms with Crippen molar-refractivity contribution in [2.75, 3.05) is 0 Å². The molecule has 5 heteroatoms. The fourth-order valence-electron chi connectivity index (χ4n) is 1.92. The molecular formula is C11H13NO3S. The topological polar surface area (TPSA) is 54.5 Å². The van der Waals surface area contributed by atoms with Crippen LogP contribution >= 0.6 is 0 Å². The van der Waals surface area contributed by atoms with Crippen LogP contribution in [0.2, 0.25) is 0 Å². The van der Waals surface area contributed by atoms with Crippen molar-refractivity contribution >= 4 is 15.9 Å². The highest BCUT2D eigenvalue weighted by Crippen LogP contribution is 2.25. The second kappa shape index (κ2) is 3.59. The summed E-state index contributed by atoms with van der Waals surface area (Å²) in [5, 5.41) is 0. The lowest BCUT2D eigenvalue weighted by atomic mass is 10.1. The lowest BCUT2D eigenvalue weighted by Crippen LogP contribution is -2.45. The second-order valence-electron chi connectivity index (χ2n) is 4.11. The van der Waals surface area contributed by atoms with Crippen LogP contribution in [0.4, 0.5) is 0 Å². The molecule has 0 saturated carbocycles. The number of sulfonamides is 1. The van der Waals surface area contributed by atoms with E-state index in [2.05, 4.69) is 0 Å². The highest BCUT2D eigenvalue weighted by Gasteiger charge is 2.36. The van der Waals surface area contributed by atoms with Crippen LogP contribution in [0.15, 0.2) is 24.3 Å². The van der Waals surface area contributed by atoms with Gasteiger partial charge >= 0.3 is 0 Å². The Bertz CT molecular complexity index is 534. The zero-order valence-corrected chi connectivity index (χ0v) is 9.99. The van der Waals surface area contributed by atoms with Gasteiger partial charge in [0.05, 0.1) is 5.75 Å². The van der Waals surface area contributed by atoms with Crippen LogP contribution in [-0.4, -0.2) is 24.7 Å². The van der Waals surface area contributed by atoms with Gasteiger partial charge < -0.3 is 0 Å². The Balaban J connectivity index is 2.61. The van der Waals surface area contributed by atoms with Crippen LogP contribution in [0.5, 0.6) is 0 Å². The summed E-state index contributed by atoms with van der Waals surface area (Å²) in [5.41, 5.74) is 1.08. The smallest absolute Gasteiger partial charge is 0.267 e. The van der Waals surface area contributed by atoms with Crippen LogP contribution in [0.1, 0.15) is 29.8 Å². The number of hydrogen-bond donors (Lipinski definition) is 0. The number of carbonyl (C=O) groups excluding carboxylic acids is 1. The van der Waals surface area contributed by atoms with E-state index in [4.69, 9.17) is 0 Å². The van der Waals surface area contributed by atoms with Gasteiger partial charge in [-0.15, -0.1) is 0 Å². The molecule has 0 saturated heterocycles. The van der Waals surface area contributed by atoms with Crippen molar-refractivity contribution in [2.45, 2.75) is 25.6 Å². The van der Waals surface area contributed by atoms with Gasteiger partial charge in [-0.3, -0.25) is 4.79 Å². The number of carbonyl (C=O) groups is 1. The monoisotopic (exact) mass is 239 g/mol. The first kappa shape index (κ1) is 11.1. The molecule has 1 aromatic rings. The minimum atomic E-state index is -3.50. The highest BCUT2D eigenvalue weighted by molar-refractivity contribution is 7.89. The van der Waals surface area contributed by atoms with Gasteiger partial charge in [-0.25, -0.2) is 12.7 Å². The second-order valence-corrected chi connectivity index (χ2v) is 5.95. The Morgan fingerprint density at radius 1 is 1.25 bits per heavy atom. The number of hydrogen-bond acceptors (Lipinski definition) is 3. The molecule has 1 aromatic carbocycles. The first-order chi connectivity index (χ1) is 7.43. The first-order valence-electron chi connectivity index (χ1n) is 5.08. The molecular weight excluding hydrogens is 226 g/mol. The third-order valence-corrected chi connectivity index (χ3v) is 4.42. The van der Waals surface area contributed by atoms with E-state index in [0.717, 1.165) is 4.31 Å². The first-order valence-corrected chi connectivity index (χ1v) is 6.69. The van der Waals surface area contributed by atoms with Crippen LogP contribution in [0.3, 0.4) is 0 Å². The molecule has 0 spiro atoms. The fourth-order valence-corrected chi connectivity index (χ4v) is 3.70. The van der Waals surface area contributed by atoms with Gasteiger partial charge in [0.1, 0.15) is 0 Å². The molecule has 1 aliphatic heterocycles. The highest BCUT2D eigenvalue weighted by atomic mass is 32.2. The molecule has 0 atom stereocenters. The molecule has 4 nitrogen and oxygen atoms in total. The van der Waals surface area contributed by atoms with E-state index in [1.54, 1.807) is 38.1 Å². The number of benzene rings is 1. The van der Waals surface area contributed by atoms with Crippen molar-refractivity contribution < 1.29 is 13.2 Å². The molecule has 1 amide bonds. The summed E-state index contributed by atoms with van der Waals surface area (Å²) in [4.78, 5) is 12.0. The summed E-state index contributed by atoms with van der Waals surface area (Å²) < 4.78 is 24.8. The van der Waals surface area contributed by atoms with Gasteiger partial charge in [0.25, 0.3) is 5.91 Å². The Labute approximate surface area is 94.9 Å². The van der Waals surface area contributed by atoms with E-state index in [1.165, 1.54) is 0 Å². The molecule has 0 radical (unpaired) electrons. The zero-order chi connectivity index (χ0) is 11.9. The van der Waals surface area contributed by atoms with Gasteiger partial charge in [-0.2, -0.15) is 0 Å². The van der Waals surface area contributed by atoms with Gasteiger partial charge in [-0.1, -0.05) is 18.2 Å². The van der Waals surface area contributed by atoms with Crippen molar-refractivity contribution in [1.29, 1.82) is 0 Å². The maximum Gasteiger partial charge on any atom is 0.267 e.